The zero-order valence-electron chi connectivity index (χ0n) is 13.0. The molecule has 8 heteroatoms. The molecule has 0 spiro atoms. The number of amides is 1. The van der Waals surface area contributed by atoms with Crippen LogP contribution in [0.2, 0.25) is 0 Å². The Balaban J connectivity index is 2.14. The van der Waals surface area contributed by atoms with Gasteiger partial charge in [-0.15, -0.1) is 0 Å². The SMILES string of the molecule is COc1ccc(O[C@@H](C)C(=O)Nc2ccccc2F)c([N+](=O)[O-])c1. The first-order valence-corrected chi connectivity index (χ1v) is 6.97. The summed E-state index contributed by atoms with van der Waals surface area (Å²) in [7, 11) is 1.38. The van der Waals surface area contributed by atoms with Crippen LogP contribution in [-0.4, -0.2) is 24.0 Å². The molecule has 0 aromatic heterocycles. The number of nitrogens with zero attached hydrogens (tertiary/aromatic N) is 1. The third kappa shape index (κ3) is 3.97. The van der Waals surface area contributed by atoms with Crippen LogP contribution in [0, 0.1) is 15.9 Å². The highest BCUT2D eigenvalue weighted by Crippen LogP contribution is 2.31. The van der Waals surface area contributed by atoms with E-state index in [4.69, 9.17) is 9.47 Å². The lowest BCUT2D eigenvalue weighted by molar-refractivity contribution is -0.386. The van der Waals surface area contributed by atoms with Gasteiger partial charge in [-0.05, 0) is 31.2 Å². The number of carbonyl (C=O) groups excluding carboxylic acids is 1. The Morgan fingerprint density at radius 2 is 2.00 bits per heavy atom. The van der Waals surface area contributed by atoms with Gasteiger partial charge >= 0.3 is 5.69 Å². The van der Waals surface area contributed by atoms with Gasteiger partial charge in [0.05, 0.1) is 23.8 Å². The van der Waals surface area contributed by atoms with E-state index in [1.165, 1.54) is 50.4 Å². The van der Waals surface area contributed by atoms with Crippen molar-refractivity contribution in [3.63, 3.8) is 0 Å². The number of para-hydroxylation sites is 1. The van der Waals surface area contributed by atoms with Crippen LogP contribution in [0.1, 0.15) is 6.92 Å². The number of carbonyl (C=O) groups is 1. The molecule has 126 valence electrons. The highest BCUT2D eigenvalue weighted by Gasteiger charge is 2.22. The standard InChI is InChI=1S/C16H15FN2O5/c1-10(16(20)18-13-6-4-3-5-12(13)17)24-15-8-7-11(23-2)9-14(15)19(21)22/h3-10H,1-2H3,(H,18,20)/t10-/m0/s1. The van der Waals surface area contributed by atoms with Crippen LogP contribution in [-0.2, 0) is 4.79 Å². The zero-order valence-corrected chi connectivity index (χ0v) is 13.0. The Morgan fingerprint density at radius 1 is 1.29 bits per heavy atom. The smallest absolute Gasteiger partial charge is 0.314 e. The van der Waals surface area contributed by atoms with Gasteiger partial charge in [0, 0.05) is 0 Å². The lowest BCUT2D eigenvalue weighted by Crippen LogP contribution is -2.30. The van der Waals surface area contributed by atoms with E-state index in [1.54, 1.807) is 6.07 Å². The minimum absolute atomic E-state index is 0.00202. The van der Waals surface area contributed by atoms with Crippen molar-refractivity contribution < 1.29 is 23.6 Å². The quantitative estimate of drug-likeness (QED) is 0.647. The van der Waals surface area contributed by atoms with Crippen LogP contribution in [0.15, 0.2) is 42.5 Å². The highest BCUT2D eigenvalue weighted by atomic mass is 19.1. The molecule has 7 nitrogen and oxygen atoms in total. The number of benzene rings is 2. The summed E-state index contributed by atoms with van der Waals surface area (Å²) < 4.78 is 23.8. The van der Waals surface area contributed by atoms with Gasteiger partial charge in [-0.1, -0.05) is 12.1 Å². The summed E-state index contributed by atoms with van der Waals surface area (Å²) in [5.74, 6) is -1.02. The molecular weight excluding hydrogens is 319 g/mol. The average Bonchev–Trinajstić information content (AvgIpc) is 2.57. The van der Waals surface area contributed by atoms with Crippen LogP contribution in [0.4, 0.5) is 15.8 Å². The molecule has 0 bridgehead atoms. The molecule has 1 amide bonds. The number of rotatable bonds is 6. The number of nitrogens with one attached hydrogen (secondary N) is 1. The second-order valence-electron chi connectivity index (χ2n) is 4.82. The maximum Gasteiger partial charge on any atom is 0.314 e. The minimum atomic E-state index is -1.07. The summed E-state index contributed by atoms with van der Waals surface area (Å²) in [6.45, 7) is 1.41. The second kappa shape index (κ2) is 7.40. The molecular formula is C16H15FN2O5. The van der Waals surface area contributed by atoms with Gasteiger partial charge in [-0.2, -0.15) is 0 Å². The van der Waals surface area contributed by atoms with Gasteiger partial charge in [-0.3, -0.25) is 14.9 Å². The molecule has 0 saturated carbocycles. The van der Waals surface area contributed by atoms with Gasteiger partial charge in [0.25, 0.3) is 5.91 Å². The van der Waals surface area contributed by atoms with Crippen molar-refractivity contribution in [3.05, 3.63) is 58.4 Å². The molecule has 0 saturated heterocycles. The summed E-state index contributed by atoms with van der Waals surface area (Å²) in [4.78, 5) is 22.5. The molecule has 1 atom stereocenters. The molecule has 0 unspecified atom stereocenters. The molecule has 0 radical (unpaired) electrons. The largest absolute Gasteiger partial charge is 0.496 e. The summed E-state index contributed by atoms with van der Waals surface area (Å²) in [5, 5.41) is 13.5. The van der Waals surface area contributed by atoms with Crippen LogP contribution >= 0.6 is 0 Å². The van der Waals surface area contributed by atoms with Crippen molar-refractivity contribution in [2.24, 2.45) is 0 Å². The average molecular weight is 334 g/mol. The fraction of sp³-hybridized carbons (Fsp3) is 0.188. The van der Waals surface area contributed by atoms with Crippen LogP contribution in [0.3, 0.4) is 0 Å². The molecule has 24 heavy (non-hydrogen) atoms. The normalized spacial score (nSPS) is 11.5. The molecule has 2 rings (SSSR count). The fourth-order valence-electron chi connectivity index (χ4n) is 1.91. The van der Waals surface area contributed by atoms with Crippen molar-refractivity contribution in [1.82, 2.24) is 0 Å². The Hall–Kier alpha value is -3.16. The monoisotopic (exact) mass is 334 g/mol. The zero-order chi connectivity index (χ0) is 17.7. The summed E-state index contributed by atoms with van der Waals surface area (Å²) >= 11 is 0. The third-order valence-corrected chi connectivity index (χ3v) is 3.17. The van der Waals surface area contributed by atoms with E-state index in [0.717, 1.165) is 0 Å². The Bertz CT molecular complexity index is 766. The predicted octanol–water partition coefficient (Wildman–Crippen LogP) is 3.15. The van der Waals surface area contributed by atoms with Crippen LogP contribution < -0.4 is 14.8 Å². The first-order valence-electron chi connectivity index (χ1n) is 6.97. The van der Waals surface area contributed by atoms with E-state index in [0.29, 0.717) is 0 Å². The number of hydrogen-bond acceptors (Lipinski definition) is 5. The minimum Gasteiger partial charge on any atom is -0.496 e. The topological polar surface area (TPSA) is 90.7 Å². The fourth-order valence-corrected chi connectivity index (χ4v) is 1.91. The summed E-state index contributed by atoms with van der Waals surface area (Å²) in [6.07, 6.45) is -1.07. The van der Waals surface area contributed by atoms with E-state index >= 15 is 0 Å². The summed E-state index contributed by atoms with van der Waals surface area (Å²) in [6, 6.07) is 9.67. The third-order valence-electron chi connectivity index (χ3n) is 3.17. The van der Waals surface area contributed by atoms with Crippen molar-refractivity contribution >= 4 is 17.3 Å². The number of methoxy groups -OCH3 is 1. The van der Waals surface area contributed by atoms with Crippen LogP contribution in [0.25, 0.3) is 0 Å². The lowest BCUT2D eigenvalue weighted by atomic mass is 10.2. The van der Waals surface area contributed by atoms with E-state index in [1.807, 2.05) is 0 Å². The van der Waals surface area contributed by atoms with Crippen molar-refractivity contribution in [3.8, 4) is 11.5 Å². The van der Waals surface area contributed by atoms with Gasteiger partial charge in [-0.25, -0.2) is 4.39 Å². The predicted molar refractivity (Wildman–Crippen MR) is 84.8 cm³/mol. The molecule has 0 aliphatic rings. The molecule has 0 aliphatic carbocycles. The van der Waals surface area contributed by atoms with Gasteiger partial charge in [0.2, 0.25) is 0 Å². The van der Waals surface area contributed by atoms with E-state index in [2.05, 4.69) is 5.32 Å². The van der Waals surface area contributed by atoms with Gasteiger partial charge < -0.3 is 14.8 Å². The Labute approximate surface area is 137 Å². The number of ether oxygens (including phenoxy) is 2. The number of nitro benzene ring substituents is 1. The van der Waals surface area contributed by atoms with E-state index in [9.17, 15) is 19.3 Å². The van der Waals surface area contributed by atoms with Crippen molar-refractivity contribution in [1.29, 1.82) is 0 Å². The summed E-state index contributed by atoms with van der Waals surface area (Å²) in [5.41, 5.74) is -0.331. The highest BCUT2D eigenvalue weighted by molar-refractivity contribution is 5.94. The molecule has 2 aromatic rings. The first kappa shape index (κ1) is 17.2. The maximum atomic E-state index is 13.5. The molecule has 0 heterocycles. The van der Waals surface area contributed by atoms with E-state index in [-0.39, 0.29) is 22.9 Å². The first-order chi connectivity index (χ1) is 11.4. The molecule has 1 N–H and O–H groups in total. The number of nitro groups is 1. The second-order valence-corrected chi connectivity index (χ2v) is 4.82. The molecule has 2 aromatic carbocycles. The molecule has 0 fully saturated rings. The van der Waals surface area contributed by atoms with E-state index < -0.39 is 22.8 Å². The van der Waals surface area contributed by atoms with Crippen molar-refractivity contribution in [2.45, 2.75) is 13.0 Å². The van der Waals surface area contributed by atoms with Crippen molar-refractivity contribution in [2.75, 3.05) is 12.4 Å². The lowest BCUT2D eigenvalue weighted by Gasteiger charge is -2.15. The van der Waals surface area contributed by atoms with Gasteiger partial charge in [0.15, 0.2) is 11.9 Å². The van der Waals surface area contributed by atoms with Gasteiger partial charge in [0.1, 0.15) is 11.6 Å². The van der Waals surface area contributed by atoms with Crippen LogP contribution in [0.5, 0.6) is 11.5 Å². The molecule has 0 aliphatic heterocycles. The number of anilines is 1. The number of hydrogen-bond donors (Lipinski definition) is 1. The Morgan fingerprint density at radius 3 is 2.62 bits per heavy atom. The number of halogens is 1. The maximum absolute atomic E-state index is 13.5. The Kier molecular flexibility index (Phi) is 5.31.